The van der Waals surface area contributed by atoms with Crippen LogP contribution < -0.4 is 28.4 Å². The molecule has 0 atom stereocenters. The molecular formula is C32H32N2O6. The summed E-state index contributed by atoms with van der Waals surface area (Å²) in [4.78, 5) is 9.39. The van der Waals surface area contributed by atoms with Crippen LogP contribution in [0.4, 0.5) is 0 Å². The van der Waals surface area contributed by atoms with Gasteiger partial charge in [-0.05, 0) is 46.2 Å². The Kier molecular flexibility index (Phi) is 7.77. The quantitative estimate of drug-likeness (QED) is 0.213. The minimum absolute atomic E-state index is 0.550. The first-order valence-electron chi connectivity index (χ1n) is 12.8. The first kappa shape index (κ1) is 26.9. The van der Waals surface area contributed by atoms with Gasteiger partial charge in [0.15, 0.2) is 23.0 Å². The van der Waals surface area contributed by atoms with Gasteiger partial charge in [-0.2, -0.15) is 0 Å². The smallest absolute Gasteiger partial charge is 0.204 e. The monoisotopic (exact) mass is 540 g/mol. The molecule has 40 heavy (non-hydrogen) atoms. The Morgan fingerprint density at radius 2 is 0.850 bits per heavy atom. The van der Waals surface area contributed by atoms with Crippen LogP contribution in [0.1, 0.15) is 22.5 Å². The molecule has 0 aliphatic rings. The lowest BCUT2D eigenvalue weighted by atomic mass is 9.98. The van der Waals surface area contributed by atoms with Crippen molar-refractivity contribution in [2.45, 2.75) is 12.8 Å². The van der Waals surface area contributed by atoms with Crippen molar-refractivity contribution in [1.82, 2.24) is 9.97 Å². The van der Waals surface area contributed by atoms with Gasteiger partial charge in [0.1, 0.15) is 0 Å². The average molecular weight is 541 g/mol. The van der Waals surface area contributed by atoms with E-state index in [2.05, 4.69) is 24.3 Å². The van der Waals surface area contributed by atoms with Crippen molar-refractivity contribution in [2.24, 2.45) is 0 Å². The standard InChI is InChI=1S/C32H32N2O6/c1-35-25-17-21-11-13-33-23(27(21)31(39-5)29(25)37-3)15-19-7-9-20(10-8-19)16-24-28-22(12-14-34-24)18-26(36-2)30(38-4)32(28)40-6/h7-14,17-18H,15-16H2,1-6H3. The number of benzene rings is 3. The SMILES string of the molecule is COc1cc2ccnc(Cc3ccc(Cc4nccc5cc(OC)c(OC)c(OC)c45)cc3)c2c(OC)c1OC. The molecule has 8 nitrogen and oxygen atoms in total. The summed E-state index contributed by atoms with van der Waals surface area (Å²) < 4.78 is 33.8. The molecule has 0 saturated heterocycles. The summed E-state index contributed by atoms with van der Waals surface area (Å²) in [5, 5.41) is 3.75. The fourth-order valence-corrected chi connectivity index (χ4v) is 5.18. The van der Waals surface area contributed by atoms with Crippen molar-refractivity contribution in [1.29, 1.82) is 0 Å². The Balaban J connectivity index is 1.48. The molecule has 0 bridgehead atoms. The molecule has 2 heterocycles. The minimum Gasteiger partial charge on any atom is -0.493 e. The molecule has 5 aromatic rings. The third kappa shape index (κ3) is 4.77. The van der Waals surface area contributed by atoms with Crippen LogP contribution >= 0.6 is 0 Å². The average Bonchev–Trinajstić information content (AvgIpc) is 2.99. The second-order valence-electron chi connectivity index (χ2n) is 9.17. The molecule has 0 spiro atoms. The highest BCUT2D eigenvalue weighted by Crippen LogP contribution is 2.45. The van der Waals surface area contributed by atoms with Gasteiger partial charge in [-0.3, -0.25) is 9.97 Å². The molecule has 0 aliphatic heterocycles. The van der Waals surface area contributed by atoms with Gasteiger partial charge in [-0.1, -0.05) is 24.3 Å². The van der Waals surface area contributed by atoms with Crippen LogP contribution in [0.5, 0.6) is 34.5 Å². The van der Waals surface area contributed by atoms with Crippen molar-refractivity contribution in [3.63, 3.8) is 0 Å². The van der Waals surface area contributed by atoms with E-state index in [0.29, 0.717) is 47.3 Å². The summed E-state index contributed by atoms with van der Waals surface area (Å²) in [6, 6.07) is 16.3. The summed E-state index contributed by atoms with van der Waals surface area (Å²) in [5.41, 5.74) is 4.03. The van der Waals surface area contributed by atoms with E-state index >= 15 is 0 Å². The molecule has 0 radical (unpaired) electrons. The zero-order valence-corrected chi connectivity index (χ0v) is 23.5. The van der Waals surface area contributed by atoms with Gasteiger partial charge in [-0.25, -0.2) is 0 Å². The van der Waals surface area contributed by atoms with E-state index in [1.807, 2.05) is 24.3 Å². The normalized spacial score (nSPS) is 10.9. The molecule has 0 saturated carbocycles. The maximum Gasteiger partial charge on any atom is 0.204 e. The number of pyridine rings is 2. The van der Waals surface area contributed by atoms with Crippen LogP contribution in [0, 0.1) is 0 Å². The molecular weight excluding hydrogens is 508 g/mol. The molecule has 206 valence electrons. The van der Waals surface area contributed by atoms with Gasteiger partial charge < -0.3 is 28.4 Å². The van der Waals surface area contributed by atoms with Gasteiger partial charge in [0, 0.05) is 36.0 Å². The minimum atomic E-state index is 0.550. The second-order valence-corrected chi connectivity index (χ2v) is 9.17. The van der Waals surface area contributed by atoms with Crippen LogP contribution in [0.15, 0.2) is 60.9 Å². The van der Waals surface area contributed by atoms with Gasteiger partial charge in [-0.15, -0.1) is 0 Å². The predicted molar refractivity (Wildman–Crippen MR) is 155 cm³/mol. The number of rotatable bonds is 10. The largest absolute Gasteiger partial charge is 0.493 e. The fraction of sp³-hybridized carbons (Fsp3) is 0.250. The highest BCUT2D eigenvalue weighted by Gasteiger charge is 2.21. The van der Waals surface area contributed by atoms with Crippen molar-refractivity contribution in [3.8, 4) is 34.5 Å². The third-order valence-electron chi connectivity index (χ3n) is 7.03. The van der Waals surface area contributed by atoms with E-state index in [0.717, 1.165) is 44.1 Å². The van der Waals surface area contributed by atoms with E-state index < -0.39 is 0 Å². The second kappa shape index (κ2) is 11.6. The zero-order chi connectivity index (χ0) is 28.2. The van der Waals surface area contributed by atoms with Gasteiger partial charge >= 0.3 is 0 Å². The first-order chi connectivity index (χ1) is 19.6. The van der Waals surface area contributed by atoms with E-state index in [9.17, 15) is 0 Å². The van der Waals surface area contributed by atoms with E-state index in [1.54, 1.807) is 55.1 Å². The van der Waals surface area contributed by atoms with Gasteiger partial charge in [0.25, 0.3) is 0 Å². The van der Waals surface area contributed by atoms with Crippen LogP contribution in [0.3, 0.4) is 0 Å². The molecule has 0 aliphatic carbocycles. The van der Waals surface area contributed by atoms with Crippen LogP contribution in [0.25, 0.3) is 21.5 Å². The number of hydrogen-bond donors (Lipinski definition) is 0. The third-order valence-corrected chi connectivity index (χ3v) is 7.03. The zero-order valence-electron chi connectivity index (χ0n) is 23.5. The maximum absolute atomic E-state index is 5.76. The molecule has 3 aromatic carbocycles. The highest BCUT2D eigenvalue weighted by molar-refractivity contribution is 5.96. The summed E-state index contributed by atoms with van der Waals surface area (Å²) in [6.07, 6.45) is 4.86. The van der Waals surface area contributed by atoms with Crippen LogP contribution in [-0.2, 0) is 12.8 Å². The van der Waals surface area contributed by atoms with Crippen LogP contribution in [0.2, 0.25) is 0 Å². The Hall–Kier alpha value is -4.72. The Morgan fingerprint density at radius 1 is 0.475 bits per heavy atom. The summed E-state index contributed by atoms with van der Waals surface area (Å²) in [5.74, 6) is 3.55. The van der Waals surface area contributed by atoms with Crippen molar-refractivity contribution >= 4 is 21.5 Å². The number of nitrogens with zero attached hydrogens (tertiary/aromatic N) is 2. The van der Waals surface area contributed by atoms with Crippen LogP contribution in [-0.4, -0.2) is 52.6 Å². The number of ether oxygens (including phenoxy) is 6. The topological polar surface area (TPSA) is 81.2 Å². The van der Waals surface area contributed by atoms with E-state index in [4.69, 9.17) is 38.4 Å². The maximum atomic E-state index is 5.76. The molecule has 0 N–H and O–H groups in total. The molecule has 0 unspecified atom stereocenters. The number of methoxy groups -OCH3 is 6. The number of fused-ring (bicyclic) bond motifs is 2. The van der Waals surface area contributed by atoms with Crippen molar-refractivity contribution in [3.05, 3.63) is 83.4 Å². The fourth-order valence-electron chi connectivity index (χ4n) is 5.18. The molecule has 0 amide bonds. The van der Waals surface area contributed by atoms with Crippen molar-refractivity contribution < 1.29 is 28.4 Å². The number of aromatic nitrogens is 2. The predicted octanol–water partition coefficient (Wildman–Crippen LogP) is 6.02. The summed E-state index contributed by atoms with van der Waals surface area (Å²) in [7, 11) is 9.70. The van der Waals surface area contributed by atoms with Crippen molar-refractivity contribution in [2.75, 3.05) is 42.7 Å². The molecule has 0 fully saturated rings. The summed E-state index contributed by atoms with van der Waals surface area (Å²) >= 11 is 0. The number of hydrogen-bond acceptors (Lipinski definition) is 8. The first-order valence-corrected chi connectivity index (χ1v) is 12.8. The molecule has 2 aromatic heterocycles. The Labute approximate surface area is 233 Å². The van der Waals surface area contributed by atoms with E-state index in [-0.39, 0.29) is 0 Å². The lowest BCUT2D eigenvalue weighted by Gasteiger charge is -2.17. The lowest BCUT2D eigenvalue weighted by molar-refractivity contribution is 0.327. The highest BCUT2D eigenvalue weighted by atomic mass is 16.5. The summed E-state index contributed by atoms with van der Waals surface area (Å²) in [6.45, 7) is 0. The van der Waals surface area contributed by atoms with Gasteiger partial charge in [0.2, 0.25) is 11.5 Å². The Morgan fingerprint density at radius 3 is 1.18 bits per heavy atom. The Bertz CT molecular complexity index is 1540. The molecule has 5 rings (SSSR count). The molecule has 8 heteroatoms. The van der Waals surface area contributed by atoms with E-state index in [1.165, 1.54) is 0 Å². The lowest BCUT2D eigenvalue weighted by Crippen LogP contribution is -2.01. The van der Waals surface area contributed by atoms with Gasteiger partial charge in [0.05, 0.1) is 54.0 Å².